The van der Waals surface area contributed by atoms with E-state index in [-0.39, 0.29) is 11.7 Å². The van der Waals surface area contributed by atoms with Crippen molar-refractivity contribution in [3.8, 4) is 0 Å². The Labute approximate surface area is 91.6 Å². The number of amides is 1. The molecule has 1 unspecified atom stereocenters. The molecular formula is C11H21N3O. The van der Waals surface area contributed by atoms with E-state index in [1.54, 1.807) is 0 Å². The van der Waals surface area contributed by atoms with Gasteiger partial charge in [0.2, 0.25) is 5.91 Å². The fourth-order valence-electron chi connectivity index (χ4n) is 2.21. The van der Waals surface area contributed by atoms with Crippen molar-refractivity contribution in [2.45, 2.75) is 38.4 Å². The van der Waals surface area contributed by atoms with Crippen molar-refractivity contribution in [2.24, 2.45) is 0 Å². The van der Waals surface area contributed by atoms with Gasteiger partial charge < -0.3 is 9.80 Å². The number of hydrogen-bond donors (Lipinski definition) is 1. The van der Waals surface area contributed by atoms with Gasteiger partial charge in [0.1, 0.15) is 0 Å². The first-order valence-electron chi connectivity index (χ1n) is 5.86. The third kappa shape index (κ3) is 1.88. The Morgan fingerprint density at radius 3 is 2.73 bits per heavy atom. The summed E-state index contributed by atoms with van der Waals surface area (Å²) in [6.07, 6.45) is 2.26. The van der Waals surface area contributed by atoms with Crippen molar-refractivity contribution in [1.29, 1.82) is 0 Å². The van der Waals surface area contributed by atoms with Gasteiger partial charge in [-0.1, -0.05) is 6.92 Å². The maximum atomic E-state index is 12.0. The Morgan fingerprint density at radius 2 is 2.27 bits per heavy atom. The molecule has 15 heavy (non-hydrogen) atoms. The van der Waals surface area contributed by atoms with Crippen LogP contribution in [0.3, 0.4) is 0 Å². The molecular weight excluding hydrogens is 190 g/mol. The van der Waals surface area contributed by atoms with Gasteiger partial charge in [0.05, 0.1) is 11.7 Å². The molecule has 1 spiro atoms. The van der Waals surface area contributed by atoms with Gasteiger partial charge in [-0.2, -0.15) is 0 Å². The van der Waals surface area contributed by atoms with E-state index < -0.39 is 0 Å². The van der Waals surface area contributed by atoms with Crippen LogP contribution >= 0.6 is 0 Å². The molecule has 0 aromatic heterocycles. The van der Waals surface area contributed by atoms with Gasteiger partial charge in [-0.15, -0.1) is 0 Å². The second-order valence-corrected chi connectivity index (χ2v) is 4.80. The van der Waals surface area contributed by atoms with Crippen LogP contribution in [0.5, 0.6) is 0 Å². The number of likely N-dealkylation sites (N-methyl/N-ethyl adjacent to an activating group) is 1. The Kier molecular flexibility index (Phi) is 2.73. The molecule has 2 rings (SSSR count). The number of nitrogens with zero attached hydrogens (tertiary/aromatic N) is 2. The number of rotatable bonds is 4. The van der Waals surface area contributed by atoms with Crippen molar-refractivity contribution in [2.75, 3.05) is 26.7 Å². The van der Waals surface area contributed by atoms with Crippen LogP contribution in [0.1, 0.15) is 26.7 Å². The van der Waals surface area contributed by atoms with Crippen LogP contribution in [-0.4, -0.2) is 54.1 Å². The van der Waals surface area contributed by atoms with E-state index >= 15 is 0 Å². The molecule has 1 aliphatic heterocycles. The second kappa shape index (κ2) is 3.76. The molecule has 4 heteroatoms. The highest BCUT2D eigenvalue weighted by Crippen LogP contribution is 2.41. The molecule has 4 nitrogen and oxygen atoms in total. The summed E-state index contributed by atoms with van der Waals surface area (Å²) in [5, 5.41) is 3.40. The van der Waals surface area contributed by atoms with Gasteiger partial charge in [0.25, 0.3) is 0 Å². The lowest BCUT2D eigenvalue weighted by Gasteiger charge is -2.23. The Hall–Kier alpha value is -0.610. The molecule has 1 N–H and O–H groups in total. The van der Waals surface area contributed by atoms with Gasteiger partial charge in [-0.25, -0.2) is 0 Å². The van der Waals surface area contributed by atoms with Crippen LogP contribution in [0.15, 0.2) is 0 Å². The first-order chi connectivity index (χ1) is 7.09. The standard InChI is InChI=1S/C11H21N3O/c1-4-13(3)7-8-14-9(2)12-11(5-6-11)10(14)15/h9,12H,4-8H2,1-3H3. The minimum Gasteiger partial charge on any atom is -0.325 e. The first-order valence-corrected chi connectivity index (χ1v) is 5.86. The maximum Gasteiger partial charge on any atom is 0.244 e. The smallest absolute Gasteiger partial charge is 0.244 e. The van der Waals surface area contributed by atoms with Crippen LogP contribution in [0.25, 0.3) is 0 Å². The minimum absolute atomic E-state index is 0.149. The molecule has 0 radical (unpaired) electrons. The topological polar surface area (TPSA) is 35.6 Å². The fourth-order valence-corrected chi connectivity index (χ4v) is 2.21. The predicted molar refractivity (Wildman–Crippen MR) is 59.4 cm³/mol. The third-order valence-electron chi connectivity index (χ3n) is 3.64. The van der Waals surface area contributed by atoms with E-state index in [0.717, 1.165) is 32.5 Å². The van der Waals surface area contributed by atoms with Crippen LogP contribution in [0.4, 0.5) is 0 Å². The molecule has 1 amide bonds. The third-order valence-corrected chi connectivity index (χ3v) is 3.64. The lowest BCUT2D eigenvalue weighted by atomic mass is 10.3. The monoisotopic (exact) mass is 211 g/mol. The largest absolute Gasteiger partial charge is 0.325 e. The summed E-state index contributed by atoms with van der Waals surface area (Å²) in [7, 11) is 2.09. The normalized spacial score (nSPS) is 28.1. The average Bonchev–Trinajstić information content (AvgIpc) is 2.93. The summed E-state index contributed by atoms with van der Waals surface area (Å²) in [5.41, 5.74) is -0.149. The Balaban J connectivity index is 1.89. The molecule has 1 aliphatic carbocycles. The van der Waals surface area contributed by atoms with E-state index in [0.29, 0.717) is 5.91 Å². The summed E-state index contributed by atoms with van der Waals surface area (Å²) < 4.78 is 0. The van der Waals surface area contributed by atoms with Crippen LogP contribution in [-0.2, 0) is 4.79 Å². The van der Waals surface area contributed by atoms with Crippen LogP contribution in [0.2, 0.25) is 0 Å². The first kappa shape index (κ1) is 10.9. The molecule has 0 bridgehead atoms. The van der Waals surface area contributed by atoms with E-state index in [1.165, 1.54) is 0 Å². The minimum atomic E-state index is -0.149. The molecule has 0 aromatic rings. The highest BCUT2D eigenvalue weighted by molar-refractivity contribution is 5.91. The van der Waals surface area contributed by atoms with Gasteiger partial charge in [-0.3, -0.25) is 10.1 Å². The summed E-state index contributed by atoms with van der Waals surface area (Å²) in [6.45, 7) is 7.06. The lowest BCUT2D eigenvalue weighted by molar-refractivity contribution is -0.130. The molecule has 2 aliphatic rings. The number of carbonyl (C=O) groups excluding carboxylic acids is 1. The van der Waals surface area contributed by atoms with Crippen molar-refractivity contribution in [3.63, 3.8) is 0 Å². The summed E-state index contributed by atoms with van der Waals surface area (Å²) >= 11 is 0. The summed E-state index contributed by atoms with van der Waals surface area (Å²) in [5.74, 6) is 0.319. The van der Waals surface area contributed by atoms with Crippen LogP contribution in [0, 0.1) is 0 Å². The number of hydrogen-bond acceptors (Lipinski definition) is 3. The molecule has 86 valence electrons. The lowest BCUT2D eigenvalue weighted by Crippen LogP contribution is -2.40. The molecule has 0 aromatic carbocycles. The molecule has 1 atom stereocenters. The average molecular weight is 211 g/mol. The fraction of sp³-hybridized carbons (Fsp3) is 0.909. The zero-order chi connectivity index (χ0) is 11.1. The molecule has 2 fully saturated rings. The maximum absolute atomic E-state index is 12.0. The van der Waals surface area contributed by atoms with Gasteiger partial charge in [-0.05, 0) is 33.4 Å². The van der Waals surface area contributed by atoms with Crippen molar-refractivity contribution in [1.82, 2.24) is 15.1 Å². The van der Waals surface area contributed by atoms with E-state index in [1.807, 2.05) is 4.90 Å². The highest BCUT2D eigenvalue weighted by atomic mass is 16.2. The molecule has 1 saturated carbocycles. The van der Waals surface area contributed by atoms with Crippen molar-refractivity contribution >= 4 is 5.91 Å². The predicted octanol–water partition coefficient (Wildman–Crippen LogP) is 0.248. The quantitative estimate of drug-likeness (QED) is 0.724. The second-order valence-electron chi connectivity index (χ2n) is 4.80. The SMILES string of the molecule is CCN(C)CCN1C(=O)C2(CC2)NC1C. The Morgan fingerprint density at radius 1 is 1.60 bits per heavy atom. The number of nitrogens with one attached hydrogen (secondary N) is 1. The molecule has 1 saturated heterocycles. The zero-order valence-corrected chi connectivity index (χ0v) is 9.92. The van der Waals surface area contributed by atoms with E-state index in [4.69, 9.17) is 0 Å². The van der Waals surface area contributed by atoms with E-state index in [9.17, 15) is 4.79 Å². The summed E-state index contributed by atoms with van der Waals surface area (Å²) in [4.78, 5) is 16.3. The molecule has 1 heterocycles. The van der Waals surface area contributed by atoms with Crippen molar-refractivity contribution in [3.05, 3.63) is 0 Å². The Bertz CT molecular complexity index is 263. The van der Waals surface area contributed by atoms with Gasteiger partial charge in [0.15, 0.2) is 0 Å². The van der Waals surface area contributed by atoms with Crippen molar-refractivity contribution < 1.29 is 4.79 Å². The van der Waals surface area contributed by atoms with Gasteiger partial charge in [0, 0.05) is 13.1 Å². The zero-order valence-electron chi connectivity index (χ0n) is 9.92. The highest BCUT2D eigenvalue weighted by Gasteiger charge is 2.57. The van der Waals surface area contributed by atoms with E-state index in [2.05, 4.69) is 31.1 Å². The summed E-state index contributed by atoms with van der Waals surface area (Å²) in [6, 6.07) is 0. The van der Waals surface area contributed by atoms with Crippen LogP contribution < -0.4 is 5.32 Å². The number of carbonyl (C=O) groups is 1. The van der Waals surface area contributed by atoms with Gasteiger partial charge >= 0.3 is 0 Å².